The Morgan fingerprint density at radius 3 is 2.74 bits per heavy atom. The van der Waals surface area contributed by atoms with Gasteiger partial charge in [-0.15, -0.1) is 0 Å². The lowest BCUT2D eigenvalue weighted by atomic mass is 10.1. The van der Waals surface area contributed by atoms with Crippen LogP contribution in [-0.2, 0) is 11.8 Å². The molecule has 1 aromatic carbocycles. The second-order valence-electron chi connectivity index (χ2n) is 4.98. The Hall–Kier alpha value is -2.05. The highest BCUT2D eigenvalue weighted by atomic mass is 35.5. The molecule has 2 amide bonds. The van der Waals surface area contributed by atoms with Crippen molar-refractivity contribution in [2.24, 2.45) is 7.05 Å². The van der Waals surface area contributed by atoms with Crippen molar-refractivity contribution >= 4 is 17.6 Å². The number of urea groups is 1. The van der Waals surface area contributed by atoms with Gasteiger partial charge in [0.1, 0.15) is 11.9 Å². The van der Waals surface area contributed by atoms with Crippen molar-refractivity contribution in [3.63, 3.8) is 0 Å². The molecule has 0 aliphatic rings. The maximum absolute atomic E-state index is 12.1. The number of benzene rings is 1. The summed E-state index contributed by atoms with van der Waals surface area (Å²) >= 11 is 5.94. The zero-order chi connectivity index (χ0) is 16.7. The van der Waals surface area contributed by atoms with Gasteiger partial charge in [-0.25, -0.2) is 9.78 Å². The molecule has 0 bridgehead atoms. The number of carbonyl (C=O) groups is 1. The van der Waals surface area contributed by atoms with Crippen molar-refractivity contribution in [3.8, 4) is 0 Å². The van der Waals surface area contributed by atoms with Crippen LogP contribution in [0, 0.1) is 0 Å². The number of hydrogen-bond acceptors (Lipinski definition) is 3. The fourth-order valence-electron chi connectivity index (χ4n) is 2.17. The van der Waals surface area contributed by atoms with E-state index in [-0.39, 0.29) is 12.1 Å². The van der Waals surface area contributed by atoms with Gasteiger partial charge in [0.25, 0.3) is 0 Å². The minimum absolute atomic E-state index is 0.271. The maximum Gasteiger partial charge on any atom is 0.315 e. The topological polar surface area (TPSA) is 68.2 Å². The number of carbonyl (C=O) groups excluding carboxylic acids is 1. The summed E-state index contributed by atoms with van der Waals surface area (Å²) in [5, 5.41) is 6.36. The molecule has 0 fully saturated rings. The molecule has 1 atom stereocenters. The fraction of sp³-hybridized carbons (Fsp3) is 0.375. The Bertz CT molecular complexity index is 627. The lowest BCUT2D eigenvalue weighted by Gasteiger charge is -2.19. The Morgan fingerprint density at radius 2 is 2.13 bits per heavy atom. The normalized spacial score (nSPS) is 12.0. The fourth-order valence-corrected chi connectivity index (χ4v) is 2.30. The average molecular weight is 337 g/mol. The molecule has 2 aromatic rings. The molecular weight excluding hydrogens is 316 g/mol. The summed E-state index contributed by atoms with van der Waals surface area (Å²) in [7, 11) is 1.89. The van der Waals surface area contributed by atoms with E-state index in [1.54, 1.807) is 18.3 Å². The summed E-state index contributed by atoms with van der Waals surface area (Å²) in [6, 6.07) is 6.71. The summed E-state index contributed by atoms with van der Waals surface area (Å²) in [5.41, 5.74) is 0.906. The number of hydrogen-bond donors (Lipinski definition) is 2. The Balaban J connectivity index is 2.10. The Labute approximate surface area is 140 Å². The second kappa shape index (κ2) is 8.55. The van der Waals surface area contributed by atoms with E-state index in [2.05, 4.69) is 15.6 Å². The highest BCUT2D eigenvalue weighted by Crippen LogP contribution is 2.22. The predicted octanol–water partition coefficient (Wildman–Crippen LogP) is 2.50. The molecule has 0 unspecified atom stereocenters. The van der Waals surface area contributed by atoms with Gasteiger partial charge in [0.15, 0.2) is 0 Å². The minimum atomic E-state index is -0.362. The molecule has 6 nitrogen and oxygen atoms in total. The molecule has 0 aliphatic heterocycles. The van der Waals surface area contributed by atoms with Crippen LogP contribution in [0.5, 0.6) is 0 Å². The molecule has 0 saturated carbocycles. The van der Waals surface area contributed by atoms with Crippen LogP contribution in [0.25, 0.3) is 0 Å². The minimum Gasteiger partial charge on any atom is -0.380 e. The molecular formula is C16H21ClN4O2. The molecule has 23 heavy (non-hydrogen) atoms. The first-order chi connectivity index (χ1) is 11.1. The van der Waals surface area contributed by atoms with Gasteiger partial charge in [-0.3, -0.25) is 0 Å². The monoisotopic (exact) mass is 336 g/mol. The number of imidazole rings is 1. The smallest absolute Gasteiger partial charge is 0.315 e. The van der Waals surface area contributed by atoms with Gasteiger partial charge in [0.2, 0.25) is 0 Å². The number of nitrogens with zero attached hydrogens (tertiary/aromatic N) is 2. The van der Waals surface area contributed by atoms with Gasteiger partial charge < -0.3 is 19.9 Å². The van der Waals surface area contributed by atoms with E-state index in [1.807, 2.05) is 36.9 Å². The third-order valence-corrected chi connectivity index (χ3v) is 3.58. The van der Waals surface area contributed by atoms with Crippen LogP contribution in [0.4, 0.5) is 4.79 Å². The van der Waals surface area contributed by atoms with Crippen molar-refractivity contribution in [2.75, 3.05) is 19.8 Å². The van der Waals surface area contributed by atoms with Gasteiger partial charge in [-0.1, -0.05) is 23.7 Å². The molecule has 0 spiro atoms. The zero-order valence-corrected chi connectivity index (χ0v) is 14.0. The number of rotatable bonds is 7. The molecule has 0 radical (unpaired) electrons. The lowest BCUT2D eigenvalue weighted by Crippen LogP contribution is -2.40. The third kappa shape index (κ3) is 4.97. The molecule has 1 heterocycles. The third-order valence-electron chi connectivity index (χ3n) is 3.33. The number of halogens is 1. The number of amides is 2. The van der Waals surface area contributed by atoms with Crippen LogP contribution in [0.2, 0.25) is 5.02 Å². The van der Waals surface area contributed by atoms with Crippen molar-refractivity contribution in [1.82, 2.24) is 20.2 Å². The number of ether oxygens (including phenoxy) is 1. The van der Waals surface area contributed by atoms with E-state index in [4.69, 9.17) is 16.3 Å². The first-order valence-corrected chi connectivity index (χ1v) is 7.84. The number of aromatic nitrogens is 2. The van der Waals surface area contributed by atoms with E-state index < -0.39 is 0 Å². The van der Waals surface area contributed by atoms with Crippen LogP contribution in [-0.4, -0.2) is 35.3 Å². The standard InChI is InChI=1S/C16H21ClN4O2/c1-3-23-11-9-19-16(22)20-14(15-18-8-10-21(15)2)12-4-6-13(17)7-5-12/h4-8,10,14H,3,9,11H2,1-2H3,(H2,19,20,22)/t14-/m0/s1. The van der Waals surface area contributed by atoms with E-state index in [0.29, 0.717) is 24.8 Å². The Morgan fingerprint density at radius 1 is 1.39 bits per heavy atom. The molecule has 2 rings (SSSR count). The predicted molar refractivity (Wildman–Crippen MR) is 89.5 cm³/mol. The molecule has 124 valence electrons. The highest BCUT2D eigenvalue weighted by molar-refractivity contribution is 6.30. The van der Waals surface area contributed by atoms with Gasteiger partial charge >= 0.3 is 6.03 Å². The van der Waals surface area contributed by atoms with Gasteiger partial charge in [-0.2, -0.15) is 0 Å². The SMILES string of the molecule is CCOCCNC(=O)N[C@@H](c1ccc(Cl)cc1)c1nccn1C. The highest BCUT2D eigenvalue weighted by Gasteiger charge is 2.20. The van der Waals surface area contributed by atoms with Crippen molar-refractivity contribution in [2.45, 2.75) is 13.0 Å². The molecule has 2 N–H and O–H groups in total. The van der Waals surface area contributed by atoms with E-state index >= 15 is 0 Å². The summed E-state index contributed by atoms with van der Waals surface area (Å²) in [6.07, 6.45) is 3.54. The van der Waals surface area contributed by atoms with Gasteiger partial charge in [-0.05, 0) is 24.6 Å². The lowest BCUT2D eigenvalue weighted by molar-refractivity contribution is 0.149. The summed E-state index contributed by atoms with van der Waals surface area (Å²) in [6.45, 7) is 3.48. The van der Waals surface area contributed by atoms with E-state index in [1.165, 1.54) is 0 Å². The molecule has 0 saturated heterocycles. The zero-order valence-electron chi connectivity index (χ0n) is 13.3. The number of aryl methyl sites for hydroxylation is 1. The van der Waals surface area contributed by atoms with Crippen LogP contribution in [0.1, 0.15) is 24.4 Å². The second-order valence-corrected chi connectivity index (χ2v) is 5.41. The maximum atomic E-state index is 12.1. The molecule has 7 heteroatoms. The quantitative estimate of drug-likeness (QED) is 0.763. The van der Waals surface area contributed by atoms with Gasteiger partial charge in [0, 0.05) is 37.6 Å². The van der Waals surface area contributed by atoms with E-state index in [9.17, 15) is 4.79 Å². The Kier molecular flexibility index (Phi) is 6.43. The largest absolute Gasteiger partial charge is 0.380 e. The summed E-state index contributed by atoms with van der Waals surface area (Å²) in [4.78, 5) is 16.5. The van der Waals surface area contributed by atoms with Crippen LogP contribution >= 0.6 is 11.6 Å². The number of nitrogens with one attached hydrogen (secondary N) is 2. The van der Waals surface area contributed by atoms with Crippen LogP contribution in [0.15, 0.2) is 36.7 Å². The molecule has 1 aromatic heterocycles. The first-order valence-electron chi connectivity index (χ1n) is 7.46. The van der Waals surface area contributed by atoms with Crippen molar-refractivity contribution in [1.29, 1.82) is 0 Å². The van der Waals surface area contributed by atoms with Gasteiger partial charge in [0.05, 0.1) is 6.61 Å². The van der Waals surface area contributed by atoms with Crippen LogP contribution < -0.4 is 10.6 Å². The first kappa shape index (κ1) is 17.3. The van der Waals surface area contributed by atoms with Crippen LogP contribution in [0.3, 0.4) is 0 Å². The summed E-state index contributed by atoms with van der Waals surface area (Å²) < 4.78 is 7.08. The molecule has 0 aliphatic carbocycles. The average Bonchev–Trinajstić information content (AvgIpc) is 2.96. The van der Waals surface area contributed by atoms with Crippen molar-refractivity contribution < 1.29 is 9.53 Å². The van der Waals surface area contributed by atoms with E-state index in [0.717, 1.165) is 11.4 Å². The van der Waals surface area contributed by atoms with Crippen molar-refractivity contribution in [3.05, 3.63) is 53.1 Å². The summed E-state index contributed by atoms with van der Waals surface area (Å²) in [5.74, 6) is 0.743.